The highest BCUT2D eigenvalue weighted by Gasteiger charge is 2.09. The lowest BCUT2D eigenvalue weighted by molar-refractivity contribution is -0.384. The minimum Gasteiger partial charge on any atom is -0.496 e. The highest BCUT2D eigenvalue weighted by Crippen LogP contribution is 2.28. The van der Waals surface area contributed by atoms with Gasteiger partial charge in [0.2, 0.25) is 0 Å². The topological polar surface area (TPSA) is 76.2 Å². The highest BCUT2D eigenvalue weighted by atomic mass is 79.9. The minimum atomic E-state index is -0.484. The Bertz CT molecular complexity index is 794. The number of nitriles is 1. The van der Waals surface area contributed by atoms with Gasteiger partial charge >= 0.3 is 0 Å². The Labute approximate surface area is 135 Å². The lowest BCUT2D eigenvalue weighted by Crippen LogP contribution is -1.90. The molecule has 0 bridgehead atoms. The van der Waals surface area contributed by atoms with Crippen molar-refractivity contribution < 1.29 is 9.66 Å². The van der Waals surface area contributed by atoms with Gasteiger partial charge in [-0.1, -0.05) is 18.2 Å². The van der Waals surface area contributed by atoms with E-state index in [2.05, 4.69) is 22.0 Å². The van der Waals surface area contributed by atoms with Crippen LogP contribution in [0.2, 0.25) is 0 Å². The van der Waals surface area contributed by atoms with Crippen LogP contribution in [-0.2, 0) is 0 Å². The van der Waals surface area contributed by atoms with Crippen LogP contribution in [0.5, 0.6) is 5.75 Å². The van der Waals surface area contributed by atoms with E-state index in [1.165, 1.54) is 12.1 Å². The minimum absolute atomic E-state index is 0.0467. The third-order valence-corrected chi connectivity index (χ3v) is 3.59. The van der Waals surface area contributed by atoms with Gasteiger partial charge in [0.1, 0.15) is 5.75 Å². The fourth-order valence-electron chi connectivity index (χ4n) is 1.91. The number of halogens is 1. The Balaban J connectivity index is 2.44. The molecule has 2 aromatic rings. The SMILES string of the molecule is COc1ccc(/C=C(/C#N)c2cccc([N+](=O)[O-])c2)cc1Br. The van der Waals surface area contributed by atoms with Crippen LogP contribution in [0.4, 0.5) is 5.69 Å². The van der Waals surface area contributed by atoms with E-state index in [1.54, 1.807) is 37.5 Å². The summed E-state index contributed by atoms with van der Waals surface area (Å²) in [5.41, 5.74) is 1.59. The van der Waals surface area contributed by atoms with Gasteiger partial charge in [-0.3, -0.25) is 10.1 Å². The zero-order valence-electron chi connectivity index (χ0n) is 11.6. The normalized spacial score (nSPS) is 10.9. The first-order valence-corrected chi connectivity index (χ1v) is 7.04. The second-order valence-electron chi connectivity index (χ2n) is 4.37. The highest BCUT2D eigenvalue weighted by molar-refractivity contribution is 9.10. The molecule has 2 rings (SSSR count). The molecule has 0 atom stereocenters. The quantitative estimate of drug-likeness (QED) is 0.350. The summed E-state index contributed by atoms with van der Waals surface area (Å²) in [4.78, 5) is 10.3. The zero-order valence-corrected chi connectivity index (χ0v) is 13.2. The summed E-state index contributed by atoms with van der Waals surface area (Å²) in [6.07, 6.45) is 1.67. The summed E-state index contributed by atoms with van der Waals surface area (Å²) >= 11 is 3.38. The number of ether oxygens (including phenoxy) is 1. The summed E-state index contributed by atoms with van der Waals surface area (Å²) in [6, 6.07) is 13.5. The first-order valence-electron chi connectivity index (χ1n) is 6.25. The molecule has 0 radical (unpaired) electrons. The van der Waals surface area contributed by atoms with Crippen molar-refractivity contribution in [3.8, 4) is 11.8 Å². The van der Waals surface area contributed by atoms with Crippen LogP contribution in [-0.4, -0.2) is 12.0 Å². The predicted octanol–water partition coefficient (Wildman–Crippen LogP) is 4.43. The van der Waals surface area contributed by atoms with Crippen LogP contribution in [0.3, 0.4) is 0 Å². The number of non-ortho nitro benzene ring substituents is 1. The lowest BCUT2D eigenvalue weighted by Gasteiger charge is -2.04. The van der Waals surface area contributed by atoms with E-state index in [0.29, 0.717) is 16.9 Å². The molecule has 0 saturated carbocycles. The van der Waals surface area contributed by atoms with E-state index in [-0.39, 0.29) is 5.69 Å². The third kappa shape index (κ3) is 3.51. The molecule has 0 amide bonds. The molecule has 2 aromatic carbocycles. The first-order chi connectivity index (χ1) is 10.5. The average molecular weight is 359 g/mol. The molecule has 0 spiro atoms. The molecule has 22 heavy (non-hydrogen) atoms. The summed E-state index contributed by atoms with van der Waals surface area (Å²) in [7, 11) is 1.57. The maximum Gasteiger partial charge on any atom is 0.270 e. The second-order valence-corrected chi connectivity index (χ2v) is 5.23. The van der Waals surface area contributed by atoms with Gasteiger partial charge in [-0.2, -0.15) is 5.26 Å². The molecule has 0 heterocycles. The van der Waals surface area contributed by atoms with Gasteiger partial charge in [0.15, 0.2) is 0 Å². The van der Waals surface area contributed by atoms with Crippen LogP contribution < -0.4 is 4.74 Å². The van der Waals surface area contributed by atoms with Crippen LogP contribution in [0.1, 0.15) is 11.1 Å². The smallest absolute Gasteiger partial charge is 0.270 e. The van der Waals surface area contributed by atoms with Crippen molar-refractivity contribution in [1.82, 2.24) is 0 Å². The van der Waals surface area contributed by atoms with Crippen molar-refractivity contribution in [3.05, 3.63) is 68.2 Å². The molecular formula is C16H11BrN2O3. The molecule has 0 unspecified atom stereocenters. The number of hydrogen-bond donors (Lipinski definition) is 0. The molecule has 0 aliphatic carbocycles. The largest absolute Gasteiger partial charge is 0.496 e. The van der Waals surface area contributed by atoms with Crippen molar-refractivity contribution in [3.63, 3.8) is 0 Å². The van der Waals surface area contributed by atoms with Gasteiger partial charge in [-0.15, -0.1) is 0 Å². The fraction of sp³-hybridized carbons (Fsp3) is 0.0625. The molecule has 6 heteroatoms. The van der Waals surface area contributed by atoms with E-state index >= 15 is 0 Å². The molecule has 5 nitrogen and oxygen atoms in total. The lowest BCUT2D eigenvalue weighted by atomic mass is 10.0. The fourth-order valence-corrected chi connectivity index (χ4v) is 2.46. The average Bonchev–Trinajstić information content (AvgIpc) is 2.52. The molecule has 0 aliphatic heterocycles. The van der Waals surface area contributed by atoms with Crippen LogP contribution >= 0.6 is 15.9 Å². The number of methoxy groups -OCH3 is 1. The van der Waals surface area contributed by atoms with Crippen molar-refractivity contribution in [2.24, 2.45) is 0 Å². The Morgan fingerprint density at radius 3 is 2.73 bits per heavy atom. The van der Waals surface area contributed by atoms with Crippen molar-refractivity contribution in [1.29, 1.82) is 5.26 Å². The Kier molecular flexibility index (Phi) is 4.92. The second kappa shape index (κ2) is 6.87. The summed E-state index contributed by atoms with van der Waals surface area (Å²) in [5, 5.41) is 20.1. The van der Waals surface area contributed by atoms with E-state index in [4.69, 9.17) is 4.74 Å². The maximum atomic E-state index is 10.8. The summed E-state index contributed by atoms with van der Waals surface area (Å²) < 4.78 is 5.91. The third-order valence-electron chi connectivity index (χ3n) is 2.98. The molecule has 0 saturated heterocycles. The molecular weight excluding hydrogens is 348 g/mol. The Morgan fingerprint density at radius 2 is 2.14 bits per heavy atom. The Morgan fingerprint density at radius 1 is 1.36 bits per heavy atom. The van der Waals surface area contributed by atoms with Crippen LogP contribution in [0.15, 0.2) is 46.9 Å². The van der Waals surface area contributed by atoms with Gasteiger partial charge in [-0.05, 0) is 45.3 Å². The zero-order chi connectivity index (χ0) is 16.1. The van der Waals surface area contributed by atoms with E-state index in [1.807, 2.05) is 6.07 Å². The van der Waals surface area contributed by atoms with Crippen molar-refractivity contribution in [2.45, 2.75) is 0 Å². The molecule has 0 aliphatic rings. The van der Waals surface area contributed by atoms with Gasteiger partial charge in [0.05, 0.1) is 28.1 Å². The van der Waals surface area contributed by atoms with E-state index in [0.717, 1.165) is 10.0 Å². The van der Waals surface area contributed by atoms with E-state index < -0.39 is 4.92 Å². The summed E-state index contributed by atoms with van der Waals surface area (Å²) in [5.74, 6) is 0.686. The summed E-state index contributed by atoms with van der Waals surface area (Å²) in [6.45, 7) is 0. The van der Waals surface area contributed by atoms with Gasteiger partial charge in [0, 0.05) is 12.1 Å². The van der Waals surface area contributed by atoms with Gasteiger partial charge < -0.3 is 4.74 Å². The van der Waals surface area contributed by atoms with Crippen LogP contribution in [0, 0.1) is 21.4 Å². The van der Waals surface area contributed by atoms with Crippen molar-refractivity contribution >= 4 is 33.3 Å². The number of nitro benzene ring substituents is 1. The number of benzene rings is 2. The standard InChI is InChI=1S/C16H11BrN2O3/c1-22-16-6-5-11(8-15(16)17)7-13(10-18)12-3-2-4-14(9-12)19(20)21/h2-9H,1H3/b13-7-. The van der Waals surface area contributed by atoms with Gasteiger partial charge in [-0.25, -0.2) is 0 Å². The molecule has 0 N–H and O–H groups in total. The van der Waals surface area contributed by atoms with Crippen LogP contribution in [0.25, 0.3) is 11.6 Å². The van der Waals surface area contributed by atoms with Gasteiger partial charge in [0.25, 0.3) is 5.69 Å². The number of nitro groups is 1. The molecule has 110 valence electrons. The number of rotatable bonds is 4. The number of allylic oxidation sites excluding steroid dienone is 1. The first kappa shape index (κ1) is 15.7. The molecule has 0 aromatic heterocycles. The van der Waals surface area contributed by atoms with E-state index in [9.17, 15) is 15.4 Å². The maximum absolute atomic E-state index is 10.8. The number of nitrogens with zero attached hydrogens (tertiary/aromatic N) is 2. The monoisotopic (exact) mass is 358 g/mol. The van der Waals surface area contributed by atoms with Crippen molar-refractivity contribution in [2.75, 3.05) is 7.11 Å². The molecule has 0 fully saturated rings. The number of hydrogen-bond acceptors (Lipinski definition) is 4. The predicted molar refractivity (Wildman–Crippen MR) is 87.3 cm³/mol. The Hall–Kier alpha value is -2.65.